The standard InChI is InChI=1S/C18H28N2O2/c1-18(2,3)11-17(21)19-12-16-14-20(9-10-22-16)13-15-7-5-4-6-8-15/h4-8,16H,9-14H2,1-3H3,(H,19,21)/t16-/m0/s1. The maximum Gasteiger partial charge on any atom is 0.220 e. The van der Waals surface area contributed by atoms with Gasteiger partial charge in [-0.05, 0) is 11.0 Å². The second-order valence-corrected chi connectivity index (χ2v) is 7.26. The molecule has 122 valence electrons. The van der Waals surface area contributed by atoms with Crippen LogP contribution in [0.5, 0.6) is 0 Å². The summed E-state index contributed by atoms with van der Waals surface area (Å²) >= 11 is 0. The van der Waals surface area contributed by atoms with E-state index in [1.54, 1.807) is 0 Å². The van der Waals surface area contributed by atoms with Gasteiger partial charge in [0.2, 0.25) is 5.91 Å². The van der Waals surface area contributed by atoms with Gasteiger partial charge < -0.3 is 10.1 Å². The lowest BCUT2D eigenvalue weighted by Gasteiger charge is -2.33. The van der Waals surface area contributed by atoms with Gasteiger partial charge >= 0.3 is 0 Å². The van der Waals surface area contributed by atoms with Crippen LogP contribution in [-0.4, -0.2) is 43.2 Å². The summed E-state index contributed by atoms with van der Waals surface area (Å²) in [5, 5.41) is 3.00. The number of ether oxygens (including phenoxy) is 1. The zero-order chi connectivity index (χ0) is 16.0. The van der Waals surface area contributed by atoms with E-state index in [1.165, 1.54) is 5.56 Å². The minimum Gasteiger partial charge on any atom is -0.374 e. The van der Waals surface area contributed by atoms with Crippen molar-refractivity contribution in [3.8, 4) is 0 Å². The molecule has 1 saturated heterocycles. The molecule has 4 heteroatoms. The lowest BCUT2D eigenvalue weighted by atomic mass is 9.92. The quantitative estimate of drug-likeness (QED) is 0.908. The molecule has 1 atom stereocenters. The molecule has 1 aromatic carbocycles. The van der Waals surface area contributed by atoms with E-state index in [9.17, 15) is 4.79 Å². The molecule has 0 spiro atoms. The largest absolute Gasteiger partial charge is 0.374 e. The van der Waals surface area contributed by atoms with E-state index in [4.69, 9.17) is 4.74 Å². The first-order valence-electron chi connectivity index (χ1n) is 8.07. The third-order valence-corrected chi connectivity index (χ3v) is 3.69. The minimum atomic E-state index is 0.0247. The van der Waals surface area contributed by atoms with Gasteiger partial charge in [-0.1, -0.05) is 51.1 Å². The Bertz CT molecular complexity index is 468. The van der Waals surface area contributed by atoms with Crippen molar-refractivity contribution in [1.29, 1.82) is 0 Å². The Morgan fingerprint density at radius 1 is 1.32 bits per heavy atom. The van der Waals surface area contributed by atoms with Gasteiger partial charge in [0, 0.05) is 32.6 Å². The van der Waals surface area contributed by atoms with E-state index in [0.717, 1.165) is 26.2 Å². The number of carbonyl (C=O) groups excluding carboxylic acids is 1. The van der Waals surface area contributed by atoms with Crippen LogP contribution in [0.3, 0.4) is 0 Å². The van der Waals surface area contributed by atoms with E-state index < -0.39 is 0 Å². The normalized spacial score (nSPS) is 19.9. The Hall–Kier alpha value is -1.39. The Morgan fingerprint density at radius 3 is 2.73 bits per heavy atom. The number of hydrogen-bond donors (Lipinski definition) is 1. The fraction of sp³-hybridized carbons (Fsp3) is 0.611. The first-order valence-corrected chi connectivity index (χ1v) is 8.07. The smallest absolute Gasteiger partial charge is 0.220 e. The van der Waals surface area contributed by atoms with E-state index in [2.05, 4.69) is 55.3 Å². The number of benzene rings is 1. The lowest BCUT2D eigenvalue weighted by Crippen LogP contribution is -2.47. The molecular formula is C18H28N2O2. The molecule has 2 rings (SSSR count). The number of rotatable bonds is 5. The van der Waals surface area contributed by atoms with Crippen molar-refractivity contribution < 1.29 is 9.53 Å². The summed E-state index contributed by atoms with van der Waals surface area (Å²) < 4.78 is 5.77. The first-order chi connectivity index (χ1) is 10.4. The van der Waals surface area contributed by atoms with E-state index >= 15 is 0 Å². The second kappa shape index (κ2) is 7.75. The molecule has 0 radical (unpaired) electrons. The molecular weight excluding hydrogens is 276 g/mol. The van der Waals surface area contributed by atoms with Crippen LogP contribution in [0, 0.1) is 5.41 Å². The highest BCUT2D eigenvalue weighted by molar-refractivity contribution is 5.76. The fourth-order valence-corrected chi connectivity index (χ4v) is 2.66. The molecule has 1 aliphatic rings. The van der Waals surface area contributed by atoms with Gasteiger partial charge in [-0.2, -0.15) is 0 Å². The summed E-state index contributed by atoms with van der Waals surface area (Å²) in [7, 11) is 0. The third-order valence-electron chi connectivity index (χ3n) is 3.69. The maximum absolute atomic E-state index is 11.9. The van der Waals surface area contributed by atoms with Gasteiger partial charge in [-0.25, -0.2) is 0 Å². The van der Waals surface area contributed by atoms with E-state index in [0.29, 0.717) is 13.0 Å². The summed E-state index contributed by atoms with van der Waals surface area (Å²) in [5.74, 6) is 0.108. The second-order valence-electron chi connectivity index (χ2n) is 7.26. The van der Waals surface area contributed by atoms with Crippen LogP contribution >= 0.6 is 0 Å². The van der Waals surface area contributed by atoms with Crippen molar-refractivity contribution in [1.82, 2.24) is 10.2 Å². The monoisotopic (exact) mass is 304 g/mol. The predicted molar refractivity (Wildman–Crippen MR) is 88.5 cm³/mol. The Labute approximate surface area is 133 Å². The zero-order valence-corrected chi connectivity index (χ0v) is 14.0. The number of morpholine rings is 1. The Balaban J connectivity index is 1.75. The molecule has 1 amide bonds. The minimum absolute atomic E-state index is 0.0247. The van der Waals surface area contributed by atoms with Crippen molar-refractivity contribution in [2.75, 3.05) is 26.2 Å². The van der Waals surface area contributed by atoms with Crippen LogP contribution in [0.25, 0.3) is 0 Å². The molecule has 22 heavy (non-hydrogen) atoms. The van der Waals surface area contributed by atoms with Crippen molar-refractivity contribution in [3.05, 3.63) is 35.9 Å². The maximum atomic E-state index is 11.9. The number of carbonyl (C=O) groups is 1. The van der Waals surface area contributed by atoms with Gasteiger partial charge in [0.25, 0.3) is 0 Å². The van der Waals surface area contributed by atoms with Crippen LogP contribution in [-0.2, 0) is 16.1 Å². The number of nitrogens with one attached hydrogen (secondary N) is 1. The van der Waals surface area contributed by atoms with Crippen molar-refractivity contribution >= 4 is 5.91 Å². The van der Waals surface area contributed by atoms with E-state index in [1.807, 2.05) is 6.07 Å². The molecule has 1 heterocycles. The molecule has 0 aromatic heterocycles. The Kier molecular flexibility index (Phi) is 5.98. The molecule has 1 N–H and O–H groups in total. The third kappa shape index (κ3) is 6.16. The average molecular weight is 304 g/mol. The summed E-state index contributed by atoms with van der Waals surface area (Å²) in [6, 6.07) is 10.5. The van der Waals surface area contributed by atoms with Crippen LogP contribution in [0.1, 0.15) is 32.8 Å². The SMILES string of the molecule is CC(C)(C)CC(=O)NC[C@H]1CN(Cc2ccccc2)CCO1. The summed E-state index contributed by atoms with van der Waals surface area (Å²) in [4.78, 5) is 14.3. The molecule has 0 bridgehead atoms. The fourth-order valence-electron chi connectivity index (χ4n) is 2.66. The first kappa shape index (κ1) is 17.0. The lowest BCUT2D eigenvalue weighted by molar-refractivity contribution is -0.124. The van der Waals surface area contributed by atoms with Crippen molar-refractivity contribution in [2.45, 2.75) is 39.8 Å². The summed E-state index contributed by atoms with van der Waals surface area (Å²) in [5.41, 5.74) is 1.34. The van der Waals surface area contributed by atoms with Gasteiger partial charge in [-0.3, -0.25) is 9.69 Å². The molecule has 1 aromatic rings. The zero-order valence-electron chi connectivity index (χ0n) is 14.0. The molecule has 0 aliphatic carbocycles. The summed E-state index contributed by atoms with van der Waals surface area (Å²) in [6.07, 6.45) is 0.634. The molecule has 1 fully saturated rings. The van der Waals surface area contributed by atoms with Crippen molar-refractivity contribution in [2.24, 2.45) is 5.41 Å². The van der Waals surface area contributed by atoms with Gasteiger partial charge in [-0.15, -0.1) is 0 Å². The average Bonchev–Trinajstić information content (AvgIpc) is 2.45. The van der Waals surface area contributed by atoms with Crippen LogP contribution in [0.2, 0.25) is 0 Å². The highest BCUT2D eigenvalue weighted by Crippen LogP contribution is 2.18. The number of nitrogens with zero attached hydrogens (tertiary/aromatic N) is 1. The number of amides is 1. The van der Waals surface area contributed by atoms with Gasteiger partial charge in [0.15, 0.2) is 0 Å². The number of hydrogen-bond acceptors (Lipinski definition) is 3. The molecule has 0 saturated carbocycles. The van der Waals surface area contributed by atoms with Gasteiger partial charge in [0.1, 0.15) is 0 Å². The van der Waals surface area contributed by atoms with E-state index in [-0.39, 0.29) is 17.4 Å². The molecule has 4 nitrogen and oxygen atoms in total. The highest BCUT2D eigenvalue weighted by Gasteiger charge is 2.22. The Morgan fingerprint density at radius 2 is 2.05 bits per heavy atom. The van der Waals surface area contributed by atoms with Crippen LogP contribution in [0.15, 0.2) is 30.3 Å². The molecule has 1 aliphatic heterocycles. The predicted octanol–water partition coefficient (Wildman–Crippen LogP) is 2.44. The van der Waals surface area contributed by atoms with Crippen LogP contribution in [0.4, 0.5) is 0 Å². The topological polar surface area (TPSA) is 41.6 Å². The molecule has 0 unspecified atom stereocenters. The van der Waals surface area contributed by atoms with Crippen molar-refractivity contribution in [3.63, 3.8) is 0 Å². The van der Waals surface area contributed by atoms with Crippen LogP contribution < -0.4 is 5.32 Å². The summed E-state index contributed by atoms with van der Waals surface area (Å²) in [6.45, 7) is 10.3. The van der Waals surface area contributed by atoms with Gasteiger partial charge in [0.05, 0.1) is 12.7 Å². The highest BCUT2D eigenvalue weighted by atomic mass is 16.5.